The van der Waals surface area contributed by atoms with Crippen molar-refractivity contribution in [3.63, 3.8) is 0 Å². The lowest BCUT2D eigenvalue weighted by atomic mass is 9.92. The third-order valence-electron chi connectivity index (χ3n) is 3.34. The summed E-state index contributed by atoms with van der Waals surface area (Å²) in [5, 5.41) is 31.6. The lowest BCUT2D eigenvalue weighted by molar-refractivity contribution is 0.0902. The second-order valence-electron chi connectivity index (χ2n) is 4.66. The average Bonchev–Trinajstić information content (AvgIpc) is 2.32. The van der Waals surface area contributed by atoms with Gasteiger partial charge in [-0.25, -0.2) is 0 Å². The molecule has 2 atom stereocenters. The van der Waals surface area contributed by atoms with Gasteiger partial charge in [0.1, 0.15) is 0 Å². The Hall–Kier alpha value is -1.26. The first kappa shape index (κ1) is 12.2. The fourth-order valence-corrected chi connectivity index (χ4v) is 2.28. The monoisotopic (exact) mass is 237 g/mol. The zero-order valence-corrected chi connectivity index (χ0v) is 9.76. The smallest absolute Gasteiger partial charge is 0.157 e. The van der Waals surface area contributed by atoms with E-state index < -0.39 is 0 Å². The second kappa shape index (κ2) is 5.38. The molecule has 1 aliphatic rings. The van der Waals surface area contributed by atoms with Crippen LogP contribution in [0.4, 0.5) is 0 Å². The molecule has 0 heterocycles. The minimum absolute atomic E-state index is 0.103. The van der Waals surface area contributed by atoms with Crippen molar-refractivity contribution in [3.8, 4) is 11.5 Å². The Morgan fingerprint density at radius 2 is 1.88 bits per heavy atom. The van der Waals surface area contributed by atoms with Crippen LogP contribution in [0.2, 0.25) is 0 Å². The zero-order chi connectivity index (χ0) is 12.3. The van der Waals surface area contributed by atoms with E-state index in [9.17, 15) is 15.3 Å². The summed E-state index contributed by atoms with van der Waals surface area (Å²) in [7, 11) is 0. The van der Waals surface area contributed by atoms with Crippen molar-refractivity contribution >= 4 is 0 Å². The van der Waals surface area contributed by atoms with Crippen LogP contribution in [-0.4, -0.2) is 27.5 Å². The van der Waals surface area contributed by atoms with Crippen molar-refractivity contribution in [1.29, 1.82) is 0 Å². The molecule has 1 aromatic rings. The van der Waals surface area contributed by atoms with Gasteiger partial charge in [0, 0.05) is 12.6 Å². The molecule has 4 N–H and O–H groups in total. The maximum atomic E-state index is 9.79. The topological polar surface area (TPSA) is 72.7 Å². The summed E-state index contributed by atoms with van der Waals surface area (Å²) in [4.78, 5) is 0. The standard InChI is InChI=1S/C13H19NO3/c15-11-4-2-1-3-10(11)14-8-9-5-6-12(16)13(17)7-9/h5-7,10-11,14-17H,1-4,8H2. The largest absolute Gasteiger partial charge is 0.504 e. The van der Waals surface area contributed by atoms with E-state index in [4.69, 9.17) is 0 Å². The Kier molecular flexibility index (Phi) is 3.86. The highest BCUT2D eigenvalue weighted by atomic mass is 16.3. The molecule has 0 radical (unpaired) electrons. The van der Waals surface area contributed by atoms with E-state index in [1.807, 2.05) is 0 Å². The molecule has 1 saturated carbocycles. The number of aromatic hydroxyl groups is 2. The third kappa shape index (κ3) is 3.11. The number of phenols is 2. The van der Waals surface area contributed by atoms with E-state index in [-0.39, 0.29) is 23.6 Å². The highest BCUT2D eigenvalue weighted by molar-refractivity contribution is 5.40. The number of hydrogen-bond acceptors (Lipinski definition) is 4. The summed E-state index contributed by atoms with van der Waals surface area (Å²) in [5.74, 6) is -0.208. The molecule has 4 nitrogen and oxygen atoms in total. The molecule has 2 unspecified atom stereocenters. The van der Waals surface area contributed by atoms with E-state index in [1.165, 1.54) is 12.1 Å². The fourth-order valence-electron chi connectivity index (χ4n) is 2.28. The molecule has 0 bridgehead atoms. The molecule has 0 aliphatic heterocycles. The minimum atomic E-state index is -0.269. The molecule has 4 heteroatoms. The molecule has 0 aromatic heterocycles. The van der Waals surface area contributed by atoms with Crippen molar-refractivity contribution < 1.29 is 15.3 Å². The van der Waals surface area contributed by atoms with Crippen LogP contribution in [0.3, 0.4) is 0 Å². The molecule has 1 aromatic carbocycles. The van der Waals surface area contributed by atoms with Gasteiger partial charge in [-0.15, -0.1) is 0 Å². The van der Waals surface area contributed by atoms with Crippen molar-refractivity contribution in [1.82, 2.24) is 5.32 Å². The molecule has 94 valence electrons. The van der Waals surface area contributed by atoms with Crippen molar-refractivity contribution in [3.05, 3.63) is 23.8 Å². The number of benzene rings is 1. The molecule has 0 saturated heterocycles. The van der Waals surface area contributed by atoms with E-state index in [1.54, 1.807) is 6.07 Å². The highest BCUT2D eigenvalue weighted by Gasteiger charge is 2.22. The number of aliphatic hydroxyl groups excluding tert-OH is 1. The van der Waals surface area contributed by atoms with Gasteiger partial charge >= 0.3 is 0 Å². The molecular weight excluding hydrogens is 218 g/mol. The van der Waals surface area contributed by atoms with E-state index in [2.05, 4.69) is 5.32 Å². The van der Waals surface area contributed by atoms with Crippen LogP contribution in [0, 0.1) is 0 Å². The molecule has 1 fully saturated rings. The van der Waals surface area contributed by atoms with Crippen LogP contribution in [0.1, 0.15) is 31.2 Å². The van der Waals surface area contributed by atoms with Gasteiger partial charge in [-0.1, -0.05) is 18.9 Å². The Labute approximate surface area is 101 Å². The molecule has 0 amide bonds. The van der Waals surface area contributed by atoms with Crippen LogP contribution < -0.4 is 5.32 Å². The minimum Gasteiger partial charge on any atom is -0.504 e. The number of nitrogens with one attached hydrogen (secondary N) is 1. The Morgan fingerprint density at radius 3 is 2.59 bits per heavy atom. The first-order valence-corrected chi connectivity index (χ1v) is 6.09. The normalized spacial score (nSPS) is 24.8. The summed E-state index contributed by atoms with van der Waals surface area (Å²) in [6.07, 6.45) is 3.83. The Balaban J connectivity index is 1.90. The van der Waals surface area contributed by atoms with E-state index in [0.29, 0.717) is 6.54 Å². The first-order chi connectivity index (χ1) is 8.16. The fraction of sp³-hybridized carbons (Fsp3) is 0.538. The maximum absolute atomic E-state index is 9.79. The van der Waals surface area contributed by atoms with Crippen molar-refractivity contribution in [2.45, 2.75) is 44.4 Å². The summed E-state index contributed by atoms with van der Waals surface area (Å²) in [5.41, 5.74) is 0.901. The van der Waals surface area contributed by atoms with Crippen molar-refractivity contribution in [2.24, 2.45) is 0 Å². The number of phenolic OH excluding ortho intramolecular Hbond substituents is 2. The van der Waals surface area contributed by atoms with E-state index >= 15 is 0 Å². The van der Waals surface area contributed by atoms with Gasteiger partial charge in [-0.2, -0.15) is 0 Å². The Bertz CT molecular complexity index is 381. The van der Waals surface area contributed by atoms with Gasteiger partial charge in [0.2, 0.25) is 0 Å². The van der Waals surface area contributed by atoms with Gasteiger partial charge in [-0.3, -0.25) is 0 Å². The van der Waals surface area contributed by atoms with Crippen molar-refractivity contribution in [2.75, 3.05) is 0 Å². The van der Waals surface area contributed by atoms with Gasteiger partial charge in [0.05, 0.1) is 6.10 Å². The predicted molar refractivity (Wildman–Crippen MR) is 64.9 cm³/mol. The Morgan fingerprint density at radius 1 is 1.12 bits per heavy atom. The number of hydrogen-bond donors (Lipinski definition) is 4. The van der Waals surface area contributed by atoms with Crippen LogP contribution in [-0.2, 0) is 6.54 Å². The van der Waals surface area contributed by atoms with Gasteiger partial charge < -0.3 is 20.6 Å². The number of aliphatic hydroxyl groups is 1. The quantitative estimate of drug-likeness (QED) is 0.601. The van der Waals surface area contributed by atoms with Crippen LogP contribution >= 0.6 is 0 Å². The zero-order valence-electron chi connectivity index (χ0n) is 9.76. The third-order valence-corrected chi connectivity index (χ3v) is 3.34. The highest BCUT2D eigenvalue weighted by Crippen LogP contribution is 2.25. The second-order valence-corrected chi connectivity index (χ2v) is 4.66. The summed E-state index contributed by atoms with van der Waals surface area (Å²) < 4.78 is 0. The molecular formula is C13H19NO3. The average molecular weight is 237 g/mol. The molecule has 0 spiro atoms. The van der Waals surface area contributed by atoms with Gasteiger partial charge in [-0.05, 0) is 30.5 Å². The molecule has 1 aliphatic carbocycles. The van der Waals surface area contributed by atoms with Gasteiger partial charge in [0.25, 0.3) is 0 Å². The number of rotatable bonds is 3. The SMILES string of the molecule is Oc1ccc(CNC2CCCCC2O)cc1O. The summed E-state index contributed by atoms with van der Waals surface area (Å²) in [6, 6.07) is 4.91. The summed E-state index contributed by atoms with van der Waals surface area (Å²) in [6.45, 7) is 0.593. The summed E-state index contributed by atoms with van der Waals surface area (Å²) >= 11 is 0. The van der Waals surface area contributed by atoms with Crippen LogP contribution in [0.15, 0.2) is 18.2 Å². The molecule has 17 heavy (non-hydrogen) atoms. The lowest BCUT2D eigenvalue weighted by Gasteiger charge is -2.28. The maximum Gasteiger partial charge on any atom is 0.157 e. The molecule has 2 rings (SSSR count). The first-order valence-electron chi connectivity index (χ1n) is 6.09. The lowest BCUT2D eigenvalue weighted by Crippen LogP contribution is -2.41. The van der Waals surface area contributed by atoms with Crippen LogP contribution in [0.25, 0.3) is 0 Å². The van der Waals surface area contributed by atoms with Gasteiger partial charge in [0.15, 0.2) is 11.5 Å². The van der Waals surface area contributed by atoms with E-state index in [0.717, 1.165) is 31.2 Å². The van der Waals surface area contributed by atoms with Crippen LogP contribution in [0.5, 0.6) is 11.5 Å². The predicted octanol–water partition coefficient (Wildman–Crippen LogP) is 1.49.